The molecule has 1 amide bonds. The fourth-order valence-corrected chi connectivity index (χ4v) is 1.19. The minimum atomic E-state index is -0.294. The zero-order valence-electron chi connectivity index (χ0n) is 8.95. The highest BCUT2D eigenvalue weighted by molar-refractivity contribution is 5.92. The lowest BCUT2D eigenvalue weighted by Gasteiger charge is -2.03. The van der Waals surface area contributed by atoms with Crippen LogP contribution in [0.5, 0.6) is 0 Å². The van der Waals surface area contributed by atoms with Gasteiger partial charge in [-0.1, -0.05) is 5.21 Å². The molecule has 0 atom stereocenters. The molecule has 0 aliphatic heterocycles. The van der Waals surface area contributed by atoms with Crippen LogP contribution in [0.4, 0.5) is 5.82 Å². The molecule has 8 nitrogen and oxygen atoms in total. The van der Waals surface area contributed by atoms with Crippen molar-refractivity contribution in [3.8, 4) is 0 Å². The van der Waals surface area contributed by atoms with E-state index in [0.29, 0.717) is 13.1 Å². The third-order valence-corrected chi connectivity index (χ3v) is 2.02. The molecule has 88 valence electrons. The Bertz CT molecular complexity index is 479. The lowest BCUT2D eigenvalue weighted by Crippen LogP contribution is -2.28. The number of rotatable bonds is 4. The van der Waals surface area contributed by atoms with Crippen LogP contribution in [0.1, 0.15) is 10.5 Å². The van der Waals surface area contributed by atoms with Crippen molar-refractivity contribution in [3.63, 3.8) is 0 Å². The van der Waals surface area contributed by atoms with Crippen LogP contribution in [-0.4, -0.2) is 37.6 Å². The maximum absolute atomic E-state index is 11.6. The number of hydrogen-bond acceptors (Lipinski definition) is 6. The predicted octanol–water partition coefficient (Wildman–Crippen LogP) is -0.920. The largest absolute Gasteiger partial charge is 0.382 e. The summed E-state index contributed by atoms with van der Waals surface area (Å²) in [6.45, 7) is 0.988. The molecular weight excluding hydrogens is 222 g/mol. The number of carbonyl (C=O) groups is 1. The van der Waals surface area contributed by atoms with Gasteiger partial charge in [-0.2, -0.15) is 0 Å². The van der Waals surface area contributed by atoms with Gasteiger partial charge in [-0.05, 0) is 12.1 Å². The van der Waals surface area contributed by atoms with E-state index in [1.54, 1.807) is 17.1 Å². The molecule has 2 aromatic rings. The SMILES string of the molecule is Nc1ccc(C(=O)NCCn2ccnn2)nn1. The van der Waals surface area contributed by atoms with Crippen molar-refractivity contribution in [1.29, 1.82) is 0 Å². The van der Waals surface area contributed by atoms with Gasteiger partial charge in [0.2, 0.25) is 0 Å². The molecule has 17 heavy (non-hydrogen) atoms. The van der Waals surface area contributed by atoms with Gasteiger partial charge in [0.05, 0.1) is 12.7 Å². The summed E-state index contributed by atoms with van der Waals surface area (Å²) in [5, 5.41) is 17.4. The Morgan fingerprint density at radius 1 is 1.41 bits per heavy atom. The topological polar surface area (TPSA) is 112 Å². The van der Waals surface area contributed by atoms with Crippen LogP contribution in [0.3, 0.4) is 0 Å². The van der Waals surface area contributed by atoms with Gasteiger partial charge in [-0.15, -0.1) is 15.3 Å². The molecule has 0 aromatic carbocycles. The van der Waals surface area contributed by atoms with Gasteiger partial charge < -0.3 is 11.1 Å². The minimum absolute atomic E-state index is 0.234. The van der Waals surface area contributed by atoms with E-state index in [9.17, 15) is 4.79 Å². The number of nitrogens with two attached hydrogens (primary N) is 1. The highest BCUT2D eigenvalue weighted by atomic mass is 16.1. The smallest absolute Gasteiger partial charge is 0.271 e. The molecule has 2 aromatic heterocycles. The maximum atomic E-state index is 11.6. The van der Waals surface area contributed by atoms with Gasteiger partial charge in [0.15, 0.2) is 5.69 Å². The van der Waals surface area contributed by atoms with Crippen molar-refractivity contribution < 1.29 is 4.79 Å². The molecule has 2 heterocycles. The van der Waals surface area contributed by atoms with Crippen molar-refractivity contribution in [2.24, 2.45) is 0 Å². The van der Waals surface area contributed by atoms with E-state index < -0.39 is 0 Å². The molecule has 3 N–H and O–H groups in total. The summed E-state index contributed by atoms with van der Waals surface area (Å²) in [7, 11) is 0. The molecule has 0 bridgehead atoms. The Morgan fingerprint density at radius 2 is 2.29 bits per heavy atom. The van der Waals surface area contributed by atoms with Crippen molar-refractivity contribution in [2.45, 2.75) is 6.54 Å². The van der Waals surface area contributed by atoms with E-state index in [4.69, 9.17) is 5.73 Å². The van der Waals surface area contributed by atoms with Crippen LogP contribution in [0, 0.1) is 0 Å². The van der Waals surface area contributed by atoms with E-state index in [1.807, 2.05) is 0 Å². The molecule has 0 saturated carbocycles. The molecule has 0 aliphatic carbocycles. The number of nitrogens with one attached hydrogen (secondary N) is 1. The number of aromatic nitrogens is 5. The first kappa shape index (κ1) is 11.0. The highest BCUT2D eigenvalue weighted by Crippen LogP contribution is 1.96. The van der Waals surface area contributed by atoms with Gasteiger partial charge in [-0.25, -0.2) is 0 Å². The summed E-state index contributed by atoms with van der Waals surface area (Å²) in [6.07, 6.45) is 3.29. The van der Waals surface area contributed by atoms with E-state index >= 15 is 0 Å². The van der Waals surface area contributed by atoms with Crippen LogP contribution in [-0.2, 0) is 6.54 Å². The number of amides is 1. The number of nitrogen functional groups attached to an aromatic ring is 1. The maximum Gasteiger partial charge on any atom is 0.271 e. The fourth-order valence-electron chi connectivity index (χ4n) is 1.19. The van der Waals surface area contributed by atoms with Crippen LogP contribution in [0.25, 0.3) is 0 Å². The minimum Gasteiger partial charge on any atom is -0.382 e. The average molecular weight is 233 g/mol. The van der Waals surface area contributed by atoms with Crippen molar-refractivity contribution in [1.82, 2.24) is 30.5 Å². The van der Waals surface area contributed by atoms with Crippen molar-refractivity contribution in [3.05, 3.63) is 30.2 Å². The first-order valence-corrected chi connectivity index (χ1v) is 4.97. The predicted molar refractivity (Wildman–Crippen MR) is 58.8 cm³/mol. The van der Waals surface area contributed by atoms with Crippen LogP contribution >= 0.6 is 0 Å². The van der Waals surface area contributed by atoms with Crippen LogP contribution in [0.15, 0.2) is 24.5 Å². The quantitative estimate of drug-likeness (QED) is 0.706. The third-order valence-electron chi connectivity index (χ3n) is 2.02. The lowest BCUT2D eigenvalue weighted by atomic mass is 10.3. The van der Waals surface area contributed by atoms with Gasteiger partial charge >= 0.3 is 0 Å². The van der Waals surface area contributed by atoms with Gasteiger partial charge in [0.1, 0.15) is 5.82 Å². The average Bonchev–Trinajstić information content (AvgIpc) is 2.83. The summed E-state index contributed by atoms with van der Waals surface area (Å²) < 4.78 is 1.62. The monoisotopic (exact) mass is 233 g/mol. The van der Waals surface area contributed by atoms with Crippen molar-refractivity contribution >= 4 is 11.7 Å². The van der Waals surface area contributed by atoms with Gasteiger partial charge in [0, 0.05) is 12.7 Å². The van der Waals surface area contributed by atoms with Crippen LogP contribution < -0.4 is 11.1 Å². The van der Waals surface area contributed by atoms with Gasteiger partial charge in [0.25, 0.3) is 5.91 Å². The highest BCUT2D eigenvalue weighted by Gasteiger charge is 2.06. The number of anilines is 1. The number of hydrogen-bond donors (Lipinski definition) is 2. The third kappa shape index (κ3) is 2.97. The Hall–Kier alpha value is -2.51. The lowest BCUT2D eigenvalue weighted by molar-refractivity contribution is 0.0946. The molecule has 0 aliphatic rings. The fraction of sp³-hybridized carbons (Fsp3) is 0.222. The summed E-state index contributed by atoms with van der Waals surface area (Å²) >= 11 is 0. The number of carbonyl (C=O) groups excluding carboxylic acids is 1. The molecule has 2 rings (SSSR count). The van der Waals surface area contributed by atoms with Crippen LogP contribution in [0.2, 0.25) is 0 Å². The molecule has 0 spiro atoms. The zero-order chi connectivity index (χ0) is 12.1. The number of nitrogens with zero attached hydrogens (tertiary/aromatic N) is 5. The van der Waals surface area contributed by atoms with E-state index in [2.05, 4.69) is 25.8 Å². The molecule has 0 unspecified atom stereocenters. The second kappa shape index (κ2) is 5.01. The molecule has 0 fully saturated rings. The Morgan fingerprint density at radius 3 is 2.94 bits per heavy atom. The van der Waals surface area contributed by atoms with E-state index in [0.717, 1.165) is 0 Å². The Labute approximate surface area is 96.8 Å². The second-order valence-corrected chi connectivity index (χ2v) is 3.27. The van der Waals surface area contributed by atoms with Crippen molar-refractivity contribution in [2.75, 3.05) is 12.3 Å². The normalized spacial score (nSPS) is 10.1. The van der Waals surface area contributed by atoms with E-state index in [-0.39, 0.29) is 17.4 Å². The second-order valence-electron chi connectivity index (χ2n) is 3.27. The van der Waals surface area contributed by atoms with E-state index in [1.165, 1.54) is 12.1 Å². The Balaban J connectivity index is 1.83. The first-order valence-electron chi connectivity index (χ1n) is 4.97. The van der Waals surface area contributed by atoms with Gasteiger partial charge in [-0.3, -0.25) is 9.48 Å². The summed E-state index contributed by atoms with van der Waals surface area (Å²) in [6, 6.07) is 3.05. The molecule has 0 saturated heterocycles. The summed E-state index contributed by atoms with van der Waals surface area (Å²) in [5.74, 6) is -0.0122. The summed E-state index contributed by atoms with van der Waals surface area (Å²) in [5.41, 5.74) is 5.60. The molecule has 0 radical (unpaired) electrons. The Kier molecular flexibility index (Phi) is 3.24. The molecular formula is C9H11N7O. The standard InChI is InChI=1S/C9H11N7O/c10-8-2-1-7(13-14-8)9(17)11-3-5-16-6-4-12-15-16/h1-2,4,6H,3,5H2,(H2,10,14)(H,11,17). The zero-order valence-corrected chi connectivity index (χ0v) is 8.95. The summed E-state index contributed by atoms with van der Waals surface area (Å²) in [4.78, 5) is 11.6. The first-order chi connectivity index (χ1) is 8.25. The molecule has 8 heteroatoms.